The summed E-state index contributed by atoms with van der Waals surface area (Å²) in [5.41, 5.74) is 6.94. The van der Waals surface area contributed by atoms with Gasteiger partial charge in [-0.05, 0) is 18.9 Å². The Morgan fingerprint density at radius 1 is 1.25 bits per heavy atom. The van der Waals surface area contributed by atoms with Crippen LogP contribution in [0, 0.1) is 0 Å². The van der Waals surface area contributed by atoms with Gasteiger partial charge in [-0.25, -0.2) is 0 Å². The van der Waals surface area contributed by atoms with Gasteiger partial charge in [0.15, 0.2) is 0 Å². The van der Waals surface area contributed by atoms with Gasteiger partial charge in [0.25, 0.3) is 0 Å². The molecule has 0 unspecified atom stereocenters. The molecule has 5 nitrogen and oxygen atoms in total. The molecule has 0 saturated carbocycles. The smallest absolute Gasteiger partial charge is 0.328 e. The van der Waals surface area contributed by atoms with Crippen molar-refractivity contribution in [2.75, 3.05) is 0 Å². The van der Waals surface area contributed by atoms with E-state index >= 15 is 0 Å². The summed E-state index contributed by atoms with van der Waals surface area (Å²) in [6.45, 7) is 2.02. The maximum absolute atomic E-state index is 8.74. The first-order valence-electron chi connectivity index (χ1n) is 4.28. The Labute approximate surface area is 106 Å². The largest absolute Gasteiger partial charge is 0.394 e. The van der Waals surface area contributed by atoms with Crippen LogP contribution in [0.5, 0.6) is 0 Å². The van der Waals surface area contributed by atoms with Gasteiger partial charge in [0.1, 0.15) is 0 Å². The first-order chi connectivity index (χ1) is 6.79. The van der Waals surface area contributed by atoms with Crippen molar-refractivity contribution in [3.63, 3.8) is 0 Å². The first-order valence-corrected chi connectivity index (χ1v) is 5.68. The van der Waals surface area contributed by atoms with Crippen LogP contribution in [0.2, 0.25) is 0 Å². The molecule has 95 valence electrons. The van der Waals surface area contributed by atoms with Crippen molar-refractivity contribution < 1.29 is 34.3 Å². The Balaban J connectivity index is 0. The van der Waals surface area contributed by atoms with E-state index < -0.39 is 10.4 Å². The molecule has 7 heteroatoms. The summed E-state index contributed by atoms with van der Waals surface area (Å²) < 4.78 is 31.6. The molecule has 0 heterocycles. The summed E-state index contributed by atoms with van der Waals surface area (Å²) in [6.07, 6.45) is 0.973. The monoisotopic (exact) mass is 292 g/mol. The molecule has 4 N–H and O–H groups in total. The van der Waals surface area contributed by atoms with Crippen molar-refractivity contribution in [2.24, 2.45) is 5.73 Å². The van der Waals surface area contributed by atoms with Gasteiger partial charge in [-0.2, -0.15) is 8.42 Å². The van der Waals surface area contributed by atoms with Gasteiger partial charge in [0.05, 0.1) is 0 Å². The summed E-state index contributed by atoms with van der Waals surface area (Å²) in [7, 11) is -4.67. The average molecular weight is 292 g/mol. The van der Waals surface area contributed by atoms with E-state index in [4.69, 9.17) is 23.3 Å². The van der Waals surface area contributed by atoms with E-state index in [1.807, 2.05) is 25.1 Å². The van der Waals surface area contributed by atoms with Crippen molar-refractivity contribution in [1.29, 1.82) is 0 Å². The van der Waals surface area contributed by atoms with Gasteiger partial charge >= 0.3 is 10.4 Å². The first kappa shape index (κ1) is 17.9. The van der Waals surface area contributed by atoms with Crippen LogP contribution >= 0.6 is 0 Å². The van der Waals surface area contributed by atoms with Crippen LogP contribution in [0.4, 0.5) is 0 Å². The molecule has 1 atom stereocenters. The van der Waals surface area contributed by atoms with Crippen LogP contribution in [0.3, 0.4) is 0 Å². The minimum absolute atomic E-state index is 0. The predicted octanol–water partition coefficient (Wildman–Crippen LogP) is 0.921. The van der Waals surface area contributed by atoms with Crippen LogP contribution < -0.4 is 5.73 Å². The van der Waals surface area contributed by atoms with Crippen molar-refractivity contribution in [3.8, 4) is 0 Å². The van der Waals surface area contributed by atoms with Gasteiger partial charge in [-0.3, -0.25) is 9.11 Å². The van der Waals surface area contributed by atoms with Crippen molar-refractivity contribution in [3.05, 3.63) is 35.9 Å². The second-order valence-corrected chi connectivity index (χ2v) is 4.01. The number of hydrogen-bond donors (Lipinski definition) is 3. The summed E-state index contributed by atoms with van der Waals surface area (Å²) in [6, 6.07) is 10.6. The molecular formula is C9H15CoNO4S. The fraction of sp³-hybridized carbons (Fsp3) is 0.333. The molecule has 1 radical (unpaired) electrons. The third kappa shape index (κ3) is 16.0. The molecule has 0 spiro atoms. The fourth-order valence-corrected chi connectivity index (χ4v) is 0.986. The Kier molecular flexibility index (Phi) is 9.73. The molecule has 1 aromatic rings. The quantitative estimate of drug-likeness (QED) is 0.704. The number of benzene rings is 1. The van der Waals surface area contributed by atoms with Gasteiger partial charge in [-0.1, -0.05) is 30.3 Å². The normalized spacial score (nSPS) is 11.8. The molecule has 0 saturated heterocycles. The summed E-state index contributed by atoms with van der Waals surface area (Å²) in [4.78, 5) is 0. The van der Waals surface area contributed by atoms with E-state index in [1.54, 1.807) is 0 Å². The van der Waals surface area contributed by atoms with E-state index in [0.29, 0.717) is 0 Å². The third-order valence-corrected chi connectivity index (χ3v) is 1.40. The van der Waals surface area contributed by atoms with Gasteiger partial charge in [0, 0.05) is 22.8 Å². The molecule has 0 aliphatic rings. The topological polar surface area (TPSA) is 101 Å². The second kappa shape index (κ2) is 8.68. The van der Waals surface area contributed by atoms with E-state index in [0.717, 1.165) is 6.42 Å². The van der Waals surface area contributed by atoms with E-state index in [1.165, 1.54) is 5.56 Å². The average Bonchev–Trinajstić information content (AvgIpc) is 2.01. The molecule has 0 amide bonds. The van der Waals surface area contributed by atoms with Crippen molar-refractivity contribution in [2.45, 2.75) is 19.4 Å². The summed E-state index contributed by atoms with van der Waals surface area (Å²) in [5.74, 6) is 0. The zero-order valence-corrected chi connectivity index (χ0v) is 10.6. The minimum atomic E-state index is -4.67. The van der Waals surface area contributed by atoms with E-state index in [2.05, 4.69) is 12.1 Å². The number of nitrogens with two attached hydrogens (primary N) is 1. The number of rotatable bonds is 2. The van der Waals surface area contributed by atoms with Crippen molar-refractivity contribution in [1.82, 2.24) is 0 Å². The zero-order chi connectivity index (χ0) is 11.9. The van der Waals surface area contributed by atoms with Crippen LogP contribution in [-0.4, -0.2) is 23.6 Å². The summed E-state index contributed by atoms with van der Waals surface area (Å²) in [5, 5.41) is 0. The van der Waals surface area contributed by atoms with Gasteiger partial charge in [-0.15, -0.1) is 0 Å². The molecule has 0 bridgehead atoms. The molecule has 1 rings (SSSR count). The molecule has 0 aliphatic carbocycles. The maximum Gasteiger partial charge on any atom is 0.394 e. The molecule has 1 aromatic carbocycles. The Morgan fingerprint density at radius 2 is 1.62 bits per heavy atom. The summed E-state index contributed by atoms with van der Waals surface area (Å²) >= 11 is 0. The molecular weight excluding hydrogens is 277 g/mol. The molecule has 0 aliphatic heterocycles. The third-order valence-electron chi connectivity index (χ3n) is 1.40. The second-order valence-electron chi connectivity index (χ2n) is 3.11. The van der Waals surface area contributed by atoms with Crippen molar-refractivity contribution >= 4 is 10.4 Å². The SMILES string of the molecule is C[C@H](N)Cc1ccccc1.O=S(=O)(O)O.[Co]. The van der Waals surface area contributed by atoms with Gasteiger partial charge < -0.3 is 5.73 Å². The van der Waals surface area contributed by atoms with Crippen LogP contribution in [-0.2, 0) is 33.6 Å². The Hall–Kier alpha value is -0.444. The fourth-order valence-electron chi connectivity index (χ4n) is 0.986. The van der Waals surface area contributed by atoms with Crippen LogP contribution in [0.15, 0.2) is 30.3 Å². The van der Waals surface area contributed by atoms with E-state index in [9.17, 15) is 0 Å². The van der Waals surface area contributed by atoms with E-state index in [-0.39, 0.29) is 22.8 Å². The predicted molar refractivity (Wildman–Crippen MR) is 58.0 cm³/mol. The minimum Gasteiger partial charge on any atom is -0.328 e. The Morgan fingerprint density at radius 3 is 1.94 bits per heavy atom. The Bertz CT molecular complexity index is 358. The molecule has 16 heavy (non-hydrogen) atoms. The van der Waals surface area contributed by atoms with Crippen LogP contribution in [0.1, 0.15) is 12.5 Å². The standard InChI is InChI=1S/C9H13N.Co.H2O4S/c1-8(10)7-9-5-3-2-4-6-9;;1-5(2,3)4/h2-6,8H,7,10H2,1H3;;(H2,1,2,3,4)/t8-;;/m0../s1. The maximum atomic E-state index is 8.74. The van der Waals surface area contributed by atoms with Crippen LogP contribution in [0.25, 0.3) is 0 Å². The number of hydrogen-bond acceptors (Lipinski definition) is 3. The molecule has 0 fully saturated rings. The van der Waals surface area contributed by atoms with Gasteiger partial charge in [0.2, 0.25) is 0 Å². The molecule has 0 aromatic heterocycles. The zero-order valence-electron chi connectivity index (χ0n) is 8.70.